The van der Waals surface area contributed by atoms with Crippen LogP contribution in [-0.2, 0) is 19.4 Å². The van der Waals surface area contributed by atoms with Crippen molar-refractivity contribution in [1.29, 1.82) is 0 Å². The lowest BCUT2D eigenvalue weighted by Gasteiger charge is -1.99. The van der Waals surface area contributed by atoms with Crippen LogP contribution in [0.25, 0.3) is 0 Å². The van der Waals surface area contributed by atoms with E-state index in [4.69, 9.17) is 0 Å². The van der Waals surface area contributed by atoms with Crippen molar-refractivity contribution in [3.63, 3.8) is 0 Å². The monoisotopic (exact) mass is 220 g/mol. The lowest BCUT2D eigenvalue weighted by Crippen LogP contribution is -2.19. The van der Waals surface area contributed by atoms with E-state index in [9.17, 15) is 14.4 Å². The van der Waals surface area contributed by atoms with E-state index in [1.165, 1.54) is 12.1 Å². The minimum Gasteiger partial charge on any atom is -0.281 e. The summed E-state index contributed by atoms with van der Waals surface area (Å²) in [7, 11) is 0. The van der Waals surface area contributed by atoms with Gasteiger partial charge in [-0.25, -0.2) is 19.4 Å². The molecular formula is C11H8O5. The normalized spacial score (nSPS) is 9.00. The Bertz CT molecular complexity index is 421. The summed E-state index contributed by atoms with van der Waals surface area (Å²) in [5, 5.41) is 0. The van der Waals surface area contributed by atoms with Crippen LogP contribution in [0.4, 0.5) is 0 Å². The summed E-state index contributed by atoms with van der Waals surface area (Å²) in [6.07, 6.45) is 0.806. The van der Waals surface area contributed by atoms with Gasteiger partial charge in [0.2, 0.25) is 0 Å². The summed E-state index contributed by atoms with van der Waals surface area (Å²) >= 11 is 0. The molecule has 0 aliphatic rings. The maximum absolute atomic E-state index is 11.4. The van der Waals surface area contributed by atoms with Gasteiger partial charge in [0.05, 0.1) is 0 Å². The van der Waals surface area contributed by atoms with Gasteiger partial charge < -0.3 is 0 Å². The molecule has 0 spiro atoms. The molecule has 0 atom stereocenters. The number of rotatable bonds is 3. The van der Waals surface area contributed by atoms with Gasteiger partial charge in [0, 0.05) is 11.6 Å². The van der Waals surface area contributed by atoms with Crippen LogP contribution < -0.4 is 0 Å². The lowest BCUT2D eigenvalue weighted by molar-refractivity contribution is -0.249. The molecule has 0 aliphatic carbocycles. The summed E-state index contributed by atoms with van der Waals surface area (Å²) in [4.78, 5) is 41.0. The highest BCUT2D eigenvalue weighted by molar-refractivity contribution is 6.40. The average molecular weight is 220 g/mol. The van der Waals surface area contributed by atoms with Gasteiger partial charge >= 0.3 is 11.9 Å². The number of Topliss-reactive ketones (excluding diaryl/α,β-unsaturated/α-hetero) is 1. The zero-order chi connectivity index (χ0) is 12.0. The Hall–Kier alpha value is -2.43. The zero-order valence-electron chi connectivity index (χ0n) is 8.21. The van der Waals surface area contributed by atoms with E-state index in [0.29, 0.717) is 0 Å². The maximum atomic E-state index is 11.4. The molecule has 0 aromatic heterocycles. The summed E-state index contributed by atoms with van der Waals surface area (Å²) in [5.74, 6) is -3.10. The van der Waals surface area contributed by atoms with Gasteiger partial charge in [-0.2, -0.15) is 0 Å². The second-order valence-corrected chi connectivity index (χ2v) is 2.67. The fourth-order valence-corrected chi connectivity index (χ4v) is 0.858. The minimum atomic E-state index is -1.26. The molecule has 1 aromatic rings. The van der Waals surface area contributed by atoms with E-state index in [2.05, 4.69) is 16.4 Å². The molecule has 0 N–H and O–H groups in total. The van der Waals surface area contributed by atoms with Crippen LogP contribution in [0.5, 0.6) is 0 Å². The molecule has 0 fully saturated rings. The van der Waals surface area contributed by atoms with Gasteiger partial charge in [-0.05, 0) is 0 Å². The predicted molar refractivity (Wildman–Crippen MR) is 53.2 cm³/mol. The molecule has 0 radical (unpaired) electrons. The highest BCUT2D eigenvalue weighted by Gasteiger charge is 2.19. The molecule has 82 valence electrons. The molecule has 0 amide bonds. The first-order valence-corrected chi connectivity index (χ1v) is 4.29. The van der Waals surface area contributed by atoms with E-state index < -0.39 is 17.7 Å². The van der Waals surface area contributed by atoms with Crippen LogP contribution in [0.15, 0.2) is 43.0 Å². The van der Waals surface area contributed by atoms with Crippen LogP contribution >= 0.6 is 0 Å². The number of ketones is 1. The molecule has 1 rings (SSSR count). The third-order valence-electron chi connectivity index (χ3n) is 1.59. The summed E-state index contributed by atoms with van der Waals surface area (Å²) in [6.45, 7) is 3.09. The van der Waals surface area contributed by atoms with Gasteiger partial charge in [-0.3, -0.25) is 4.79 Å². The highest BCUT2D eigenvalue weighted by atomic mass is 17.2. The van der Waals surface area contributed by atoms with E-state index in [1.54, 1.807) is 18.2 Å². The molecule has 5 heteroatoms. The number of carbonyl (C=O) groups excluding carboxylic acids is 3. The van der Waals surface area contributed by atoms with Gasteiger partial charge in [-0.1, -0.05) is 36.9 Å². The Morgan fingerprint density at radius 3 is 2.25 bits per heavy atom. The average Bonchev–Trinajstić information content (AvgIpc) is 2.35. The van der Waals surface area contributed by atoms with Gasteiger partial charge in [0.25, 0.3) is 5.78 Å². The third kappa shape index (κ3) is 3.06. The van der Waals surface area contributed by atoms with Crippen molar-refractivity contribution >= 4 is 17.7 Å². The van der Waals surface area contributed by atoms with Crippen LogP contribution in [-0.4, -0.2) is 17.7 Å². The first-order valence-electron chi connectivity index (χ1n) is 4.29. The second kappa shape index (κ2) is 5.45. The topological polar surface area (TPSA) is 69.7 Å². The maximum Gasteiger partial charge on any atom is 0.426 e. The molecule has 0 bridgehead atoms. The molecule has 0 heterocycles. The van der Waals surface area contributed by atoms with Crippen molar-refractivity contribution in [3.05, 3.63) is 48.6 Å². The molecule has 0 aliphatic heterocycles. The van der Waals surface area contributed by atoms with Crippen molar-refractivity contribution in [1.82, 2.24) is 0 Å². The highest BCUT2D eigenvalue weighted by Crippen LogP contribution is 2.01. The summed E-state index contributed by atoms with van der Waals surface area (Å²) < 4.78 is 0. The van der Waals surface area contributed by atoms with Crippen molar-refractivity contribution in [2.75, 3.05) is 0 Å². The first kappa shape index (κ1) is 11.6. The summed E-state index contributed by atoms with van der Waals surface area (Å²) in [5.41, 5.74) is 0.155. The first-order chi connectivity index (χ1) is 7.65. The van der Waals surface area contributed by atoms with E-state index in [0.717, 1.165) is 6.08 Å². The van der Waals surface area contributed by atoms with Crippen LogP contribution in [0.2, 0.25) is 0 Å². The summed E-state index contributed by atoms with van der Waals surface area (Å²) in [6, 6.07) is 7.77. The van der Waals surface area contributed by atoms with Crippen LogP contribution in [0, 0.1) is 0 Å². The van der Waals surface area contributed by atoms with E-state index >= 15 is 0 Å². The van der Waals surface area contributed by atoms with Crippen molar-refractivity contribution in [2.45, 2.75) is 0 Å². The Balaban J connectivity index is 2.59. The third-order valence-corrected chi connectivity index (χ3v) is 1.59. The molecule has 0 saturated carbocycles. The Morgan fingerprint density at radius 2 is 1.69 bits per heavy atom. The lowest BCUT2D eigenvalue weighted by atomic mass is 10.1. The van der Waals surface area contributed by atoms with Gasteiger partial charge in [0.15, 0.2) is 0 Å². The Morgan fingerprint density at radius 1 is 1.06 bits per heavy atom. The molecule has 0 unspecified atom stereocenters. The van der Waals surface area contributed by atoms with Crippen LogP contribution in [0.1, 0.15) is 10.4 Å². The zero-order valence-corrected chi connectivity index (χ0v) is 8.21. The second-order valence-electron chi connectivity index (χ2n) is 2.67. The van der Waals surface area contributed by atoms with Crippen molar-refractivity contribution in [3.8, 4) is 0 Å². The number of hydrogen-bond donors (Lipinski definition) is 0. The van der Waals surface area contributed by atoms with Gasteiger partial charge in [0.1, 0.15) is 0 Å². The molecular weight excluding hydrogens is 212 g/mol. The fourth-order valence-electron chi connectivity index (χ4n) is 0.858. The standard InChI is InChI=1S/C11H8O5/c1-2-9(12)15-16-11(14)10(13)8-6-4-3-5-7-8/h2-7H,1H2. The minimum absolute atomic E-state index is 0.155. The number of carbonyl (C=O) groups is 3. The van der Waals surface area contributed by atoms with E-state index in [-0.39, 0.29) is 5.56 Å². The SMILES string of the molecule is C=CC(=O)OOC(=O)C(=O)c1ccccc1. The molecule has 1 aromatic carbocycles. The fraction of sp³-hybridized carbons (Fsp3) is 0. The van der Waals surface area contributed by atoms with Crippen molar-refractivity contribution < 1.29 is 24.2 Å². The van der Waals surface area contributed by atoms with Crippen molar-refractivity contribution in [2.24, 2.45) is 0 Å². The Kier molecular flexibility index (Phi) is 3.97. The van der Waals surface area contributed by atoms with E-state index in [1.807, 2.05) is 0 Å². The molecule has 5 nitrogen and oxygen atoms in total. The quantitative estimate of drug-likeness (QED) is 0.250. The molecule has 16 heavy (non-hydrogen) atoms. The van der Waals surface area contributed by atoms with Crippen LogP contribution in [0.3, 0.4) is 0 Å². The molecule has 0 saturated heterocycles. The smallest absolute Gasteiger partial charge is 0.281 e. The van der Waals surface area contributed by atoms with Gasteiger partial charge in [-0.15, -0.1) is 0 Å². The number of hydrogen-bond acceptors (Lipinski definition) is 5. The predicted octanol–water partition coefficient (Wildman–Crippen LogP) is 1.06. The number of benzene rings is 1. The largest absolute Gasteiger partial charge is 0.426 e. The Labute approximate surface area is 91.2 Å².